The molecular formula is C18H29ClN2O10S. The van der Waals surface area contributed by atoms with Crippen LogP contribution in [-0.2, 0) is 37.9 Å². The normalized spacial score (nSPS) is 20.2. The van der Waals surface area contributed by atoms with Gasteiger partial charge in [0.15, 0.2) is 10.8 Å². The van der Waals surface area contributed by atoms with Gasteiger partial charge in [0.05, 0.1) is 13.2 Å². The molecule has 2 aliphatic rings. The first-order valence-corrected chi connectivity index (χ1v) is 12.4. The highest BCUT2D eigenvalue weighted by atomic mass is 35.7. The largest absolute Gasteiger partial charge is 0.480 e. The van der Waals surface area contributed by atoms with E-state index in [1.54, 1.807) is 13.8 Å². The van der Waals surface area contributed by atoms with Gasteiger partial charge in [-0.25, -0.2) is 0 Å². The Morgan fingerprint density at radius 1 is 0.875 bits per heavy atom. The van der Waals surface area contributed by atoms with Crippen molar-refractivity contribution < 1.29 is 47.3 Å². The second-order valence-electron chi connectivity index (χ2n) is 7.31. The van der Waals surface area contributed by atoms with Crippen molar-refractivity contribution in [1.29, 1.82) is 0 Å². The number of rotatable bonds is 7. The SMILES string of the molecule is CCOC(=O)C1(C(=O)OCC)CCN(S(=O)(=O)Cl)CC1.O=C(O)C1(C(=O)O)CCNCC1. The van der Waals surface area contributed by atoms with Crippen LogP contribution in [0.2, 0.25) is 0 Å². The van der Waals surface area contributed by atoms with Gasteiger partial charge in [0.1, 0.15) is 0 Å². The van der Waals surface area contributed by atoms with Crippen LogP contribution in [0.3, 0.4) is 0 Å². The van der Waals surface area contributed by atoms with Gasteiger partial charge < -0.3 is 25.0 Å². The molecule has 0 amide bonds. The highest BCUT2D eigenvalue weighted by Crippen LogP contribution is 2.36. The Morgan fingerprint density at radius 2 is 1.28 bits per heavy atom. The molecule has 0 bridgehead atoms. The van der Waals surface area contributed by atoms with Crippen LogP contribution in [0.5, 0.6) is 0 Å². The van der Waals surface area contributed by atoms with E-state index in [1.165, 1.54) is 0 Å². The third kappa shape index (κ3) is 6.53. The number of nitrogens with zero attached hydrogens (tertiary/aromatic N) is 1. The van der Waals surface area contributed by atoms with Crippen molar-refractivity contribution in [3.63, 3.8) is 0 Å². The number of halogens is 1. The molecule has 0 atom stereocenters. The van der Waals surface area contributed by atoms with Gasteiger partial charge in [-0.15, -0.1) is 0 Å². The maximum Gasteiger partial charge on any atom is 0.323 e. The molecule has 14 heteroatoms. The number of piperidine rings is 2. The van der Waals surface area contributed by atoms with Crippen molar-refractivity contribution in [3.05, 3.63) is 0 Å². The van der Waals surface area contributed by atoms with E-state index in [1.807, 2.05) is 0 Å². The van der Waals surface area contributed by atoms with Gasteiger partial charge in [0, 0.05) is 23.8 Å². The molecule has 2 rings (SSSR count). The number of ether oxygens (including phenoxy) is 2. The molecular weight excluding hydrogens is 472 g/mol. The number of carbonyl (C=O) groups excluding carboxylic acids is 2. The Morgan fingerprint density at radius 3 is 1.56 bits per heavy atom. The second-order valence-corrected chi connectivity index (χ2v) is 9.82. The number of carboxylic acids is 2. The van der Waals surface area contributed by atoms with Crippen molar-refractivity contribution >= 4 is 43.8 Å². The van der Waals surface area contributed by atoms with Gasteiger partial charge in [-0.1, -0.05) is 0 Å². The number of esters is 2. The monoisotopic (exact) mass is 500 g/mol. The smallest absolute Gasteiger partial charge is 0.323 e. The number of hydrogen-bond donors (Lipinski definition) is 3. The summed E-state index contributed by atoms with van der Waals surface area (Å²) in [5, 5.41) is 20.4. The maximum atomic E-state index is 12.1. The Bertz CT molecular complexity index is 767. The van der Waals surface area contributed by atoms with Crippen molar-refractivity contribution in [1.82, 2.24) is 9.62 Å². The van der Waals surface area contributed by atoms with E-state index in [-0.39, 0.29) is 52.0 Å². The average molecular weight is 501 g/mol. The minimum absolute atomic E-state index is 0.00336. The van der Waals surface area contributed by atoms with Crippen molar-refractivity contribution in [2.24, 2.45) is 10.8 Å². The highest BCUT2D eigenvalue weighted by Gasteiger charge is 2.52. The molecule has 0 aromatic carbocycles. The fourth-order valence-corrected chi connectivity index (χ4v) is 4.52. The number of carbonyl (C=O) groups is 4. The van der Waals surface area contributed by atoms with Crippen LogP contribution in [0, 0.1) is 10.8 Å². The summed E-state index contributed by atoms with van der Waals surface area (Å²) in [6, 6.07) is 0. The molecule has 2 heterocycles. The molecule has 12 nitrogen and oxygen atoms in total. The average Bonchev–Trinajstić information content (AvgIpc) is 2.74. The Labute approximate surface area is 190 Å². The zero-order valence-electron chi connectivity index (χ0n) is 18.0. The molecule has 32 heavy (non-hydrogen) atoms. The quantitative estimate of drug-likeness (QED) is 0.247. The molecule has 0 saturated carbocycles. The maximum absolute atomic E-state index is 12.1. The topological polar surface area (TPSA) is 177 Å². The molecule has 2 fully saturated rings. The summed E-state index contributed by atoms with van der Waals surface area (Å²) in [7, 11) is 1.40. The summed E-state index contributed by atoms with van der Waals surface area (Å²) >= 11 is 0. The van der Waals surface area contributed by atoms with Gasteiger partial charge in [0.25, 0.3) is 9.24 Å². The van der Waals surface area contributed by atoms with Gasteiger partial charge >= 0.3 is 23.9 Å². The first kappa shape index (κ1) is 28.1. The predicted octanol–water partition coefficient (Wildman–Crippen LogP) is 0.204. The Balaban J connectivity index is 0.000000363. The molecule has 2 saturated heterocycles. The number of nitrogens with one attached hydrogen (secondary N) is 1. The molecule has 0 aliphatic carbocycles. The van der Waals surface area contributed by atoms with Crippen molar-refractivity contribution in [2.45, 2.75) is 39.5 Å². The first-order chi connectivity index (χ1) is 14.9. The summed E-state index contributed by atoms with van der Waals surface area (Å²) in [4.78, 5) is 45.6. The van der Waals surface area contributed by atoms with E-state index in [4.69, 9.17) is 30.4 Å². The minimum Gasteiger partial charge on any atom is -0.480 e. The number of aliphatic carboxylic acids is 2. The fraction of sp³-hybridized carbons (Fsp3) is 0.778. The lowest BCUT2D eigenvalue weighted by atomic mass is 9.79. The van der Waals surface area contributed by atoms with Crippen LogP contribution in [0.4, 0.5) is 0 Å². The second kappa shape index (κ2) is 11.8. The molecule has 0 radical (unpaired) electrons. The molecule has 0 aromatic rings. The lowest BCUT2D eigenvalue weighted by Crippen LogP contribution is -2.51. The summed E-state index contributed by atoms with van der Waals surface area (Å²) in [5.74, 6) is -3.80. The third-order valence-corrected chi connectivity index (χ3v) is 7.06. The molecule has 0 spiro atoms. The molecule has 184 valence electrons. The van der Waals surface area contributed by atoms with E-state index < -0.39 is 43.9 Å². The molecule has 3 N–H and O–H groups in total. The van der Waals surface area contributed by atoms with E-state index in [0.717, 1.165) is 4.31 Å². The van der Waals surface area contributed by atoms with Crippen molar-refractivity contribution in [3.8, 4) is 0 Å². The zero-order valence-corrected chi connectivity index (χ0v) is 19.5. The number of carboxylic acid groups (broad SMARTS) is 2. The third-order valence-electron chi connectivity index (χ3n) is 5.49. The van der Waals surface area contributed by atoms with Crippen molar-refractivity contribution in [2.75, 3.05) is 39.4 Å². The Kier molecular flexibility index (Phi) is 10.3. The standard InChI is InChI=1S/C11H18ClNO6S.C7H11NO4/c1-3-18-9(14)11(10(15)19-4-2)5-7-13(8-6-11)20(12,16)17;9-5(10)7(6(11)12)1-3-8-4-2-7/h3-8H2,1-2H3;8H,1-4H2,(H,9,10)(H,11,12). The lowest BCUT2D eigenvalue weighted by molar-refractivity contribution is -0.175. The Hall–Kier alpha value is -1.96. The van der Waals surface area contributed by atoms with Crippen LogP contribution in [0.25, 0.3) is 0 Å². The summed E-state index contributed by atoms with van der Waals surface area (Å²) in [5.41, 5.74) is -2.99. The van der Waals surface area contributed by atoms with E-state index >= 15 is 0 Å². The molecule has 0 unspecified atom stereocenters. The van der Waals surface area contributed by atoms with Gasteiger partial charge in [-0.2, -0.15) is 12.7 Å². The summed E-state index contributed by atoms with van der Waals surface area (Å²) in [6.07, 6.45) is 0.322. The zero-order chi connectivity index (χ0) is 24.6. The molecule has 0 aromatic heterocycles. The number of hydrogen-bond acceptors (Lipinski definition) is 9. The van der Waals surface area contributed by atoms with Gasteiger partial charge in [-0.3, -0.25) is 19.2 Å². The van der Waals surface area contributed by atoms with Crippen LogP contribution in [0.1, 0.15) is 39.5 Å². The van der Waals surface area contributed by atoms with Gasteiger partial charge in [-0.05, 0) is 52.6 Å². The highest BCUT2D eigenvalue weighted by molar-refractivity contribution is 8.11. The van der Waals surface area contributed by atoms with E-state index in [2.05, 4.69) is 5.32 Å². The molecule has 2 aliphatic heterocycles. The summed E-state index contributed by atoms with van der Waals surface area (Å²) in [6.45, 7) is 4.41. The van der Waals surface area contributed by atoms with Crippen LogP contribution in [0.15, 0.2) is 0 Å². The van der Waals surface area contributed by atoms with Crippen LogP contribution in [-0.4, -0.2) is 86.2 Å². The van der Waals surface area contributed by atoms with E-state index in [9.17, 15) is 27.6 Å². The first-order valence-electron chi connectivity index (χ1n) is 10.1. The van der Waals surface area contributed by atoms with Gasteiger partial charge in [0.2, 0.25) is 0 Å². The predicted molar refractivity (Wildman–Crippen MR) is 111 cm³/mol. The van der Waals surface area contributed by atoms with Crippen LogP contribution < -0.4 is 5.32 Å². The minimum atomic E-state index is -3.85. The fourth-order valence-electron chi connectivity index (χ4n) is 3.49. The van der Waals surface area contributed by atoms with E-state index in [0.29, 0.717) is 13.1 Å². The lowest BCUT2D eigenvalue weighted by Gasteiger charge is -2.36. The summed E-state index contributed by atoms with van der Waals surface area (Å²) < 4.78 is 33.4. The van der Waals surface area contributed by atoms with Crippen LogP contribution >= 0.6 is 10.7 Å².